The van der Waals surface area contributed by atoms with Gasteiger partial charge in [0.1, 0.15) is 5.71 Å². The van der Waals surface area contributed by atoms with E-state index in [1.54, 1.807) is 0 Å². The summed E-state index contributed by atoms with van der Waals surface area (Å²) in [5, 5.41) is 0. The lowest BCUT2D eigenvalue weighted by Gasteiger charge is -1.94. The average Bonchev–Trinajstić information content (AvgIpc) is 2.47. The van der Waals surface area contributed by atoms with Gasteiger partial charge in [0.15, 0.2) is 6.29 Å². The molecule has 0 saturated carbocycles. The fourth-order valence-electron chi connectivity index (χ4n) is 1.26. The molecule has 0 unspecified atom stereocenters. The van der Waals surface area contributed by atoms with Crippen molar-refractivity contribution in [1.82, 2.24) is 0 Å². The van der Waals surface area contributed by atoms with Gasteiger partial charge in [-0.1, -0.05) is 24.3 Å². The van der Waals surface area contributed by atoms with Crippen molar-refractivity contribution >= 4 is 12.0 Å². The summed E-state index contributed by atoms with van der Waals surface area (Å²) in [6.07, 6.45) is 0.811. The topological polar surface area (TPSA) is 29.4 Å². The van der Waals surface area contributed by atoms with Gasteiger partial charge in [-0.3, -0.25) is 9.79 Å². The van der Waals surface area contributed by atoms with E-state index in [4.69, 9.17) is 0 Å². The molecule has 2 heteroatoms. The predicted octanol–water partition coefficient (Wildman–Crippen LogP) is 1.19. The number of fused-ring (bicyclic) bond motifs is 1. The number of carbonyl (C=O) groups excluding carboxylic acids is 1. The van der Waals surface area contributed by atoms with Crippen LogP contribution < -0.4 is 0 Å². The first-order chi connectivity index (χ1) is 5.42. The molecule has 0 aliphatic carbocycles. The summed E-state index contributed by atoms with van der Waals surface area (Å²) in [6, 6.07) is 7.80. The SMILES string of the molecule is O=CC1=NCc2ccccc21. The smallest absolute Gasteiger partial charge is 0.168 e. The first kappa shape index (κ1) is 6.28. The van der Waals surface area contributed by atoms with Gasteiger partial charge in [0, 0.05) is 5.56 Å². The third-order valence-electron chi connectivity index (χ3n) is 1.82. The summed E-state index contributed by atoms with van der Waals surface area (Å²) in [7, 11) is 0. The highest BCUT2D eigenvalue weighted by Gasteiger charge is 2.12. The van der Waals surface area contributed by atoms with Gasteiger partial charge in [-0.2, -0.15) is 0 Å². The number of nitrogens with zero attached hydrogens (tertiary/aromatic N) is 1. The van der Waals surface area contributed by atoms with Gasteiger partial charge in [0.25, 0.3) is 0 Å². The second kappa shape index (κ2) is 2.31. The molecular formula is C9H7NO. The molecule has 54 valence electrons. The van der Waals surface area contributed by atoms with Gasteiger partial charge in [-0.05, 0) is 5.56 Å². The Morgan fingerprint density at radius 2 is 2.18 bits per heavy atom. The van der Waals surface area contributed by atoms with E-state index < -0.39 is 0 Å². The molecule has 2 nitrogen and oxygen atoms in total. The molecular weight excluding hydrogens is 138 g/mol. The van der Waals surface area contributed by atoms with Crippen LogP contribution in [0.4, 0.5) is 0 Å². The Morgan fingerprint density at radius 1 is 1.36 bits per heavy atom. The summed E-state index contributed by atoms with van der Waals surface area (Å²) in [4.78, 5) is 14.5. The quantitative estimate of drug-likeness (QED) is 0.546. The Bertz CT molecular complexity index is 328. The Kier molecular flexibility index (Phi) is 1.32. The fourth-order valence-corrected chi connectivity index (χ4v) is 1.26. The molecule has 1 aliphatic rings. The average molecular weight is 145 g/mol. The molecule has 0 saturated heterocycles. The molecule has 1 aliphatic heterocycles. The number of hydrogen-bond acceptors (Lipinski definition) is 2. The lowest BCUT2D eigenvalue weighted by Crippen LogP contribution is -1.97. The van der Waals surface area contributed by atoms with Crippen molar-refractivity contribution in [3.05, 3.63) is 35.4 Å². The van der Waals surface area contributed by atoms with E-state index >= 15 is 0 Å². The Balaban J connectivity index is 2.56. The first-order valence-electron chi connectivity index (χ1n) is 3.50. The highest BCUT2D eigenvalue weighted by molar-refractivity contribution is 6.37. The van der Waals surface area contributed by atoms with E-state index in [-0.39, 0.29) is 0 Å². The molecule has 0 bridgehead atoms. The Labute approximate surface area is 64.6 Å². The van der Waals surface area contributed by atoms with E-state index in [1.807, 2.05) is 24.3 Å². The second-order valence-corrected chi connectivity index (χ2v) is 2.48. The van der Waals surface area contributed by atoms with Crippen LogP contribution in [0.1, 0.15) is 11.1 Å². The van der Waals surface area contributed by atoms with Crippen molar-refractivity contribution in [2.45, 2.75) is 6.54 Å². The summed E-state index contributed by atoms with van der Waals surface area (Å²) in [5.41, 5.74) is 2.72. The highest BCUT2D eigenvalue weighted by atomic mass is 16.1. The molecule has 11 heavy (non-hydrogen) atoms. The molecule has 0 atom stereocenters. The zero-order valence-corrected chi connectivity index (χ0v) is 5.95. The van der Waals surface area contributed by atoms with E-state index in [1.165, 1.54) is 0 Å². The summed E-state index contributed by atoms with van der Waals surface area (Å²) >= 11 is 0. The van der Waals surface area contributed by atoms with E-state index in [2.05, 4.69) is 4.99 Å². The number of hydrogen-bond donors (Lipinski definition) is 0. The number of aliphatic imine (C=N–C) groups is 1. The van der Waals surface area contributed by atoms with Gasteiger partial charge < -0.3 is 0 Å². The van der Waals surface area contributed by atoms with Gasteiger partial charge in [-0.25, -0.2) is 0 Å². The maximum atomic E-state index is 10.4. The van der Waals surface area contributed by atoms with Crippen LogP contribution in [0.15, 0.2) is 29.3 Å². The molecule has 0 aromatic heterocycles. The van der Waals surface area contributed by atoms with Crippen LogP contribution in [0.3, 0.4) is 0 Å². The molecule has 0 spiro atoms. The molecule has 2 rings (SSSR count). The second-order valence-electron chi connectivity index (χ2n) is 2.48. The fraction of sp³-hybridized carbons (Fsp3) is 0.111. The van der Waals surface area contributed by atoms with Crippen molar-refractivity contribution < 1.29 is 4.79 Å². The maximum Gasteiger partial charge on any atom is 0.168 e. The van der Waals surface area contributed by atoms with E-state index in [0.29, 0.717) is 12.3 Å². The van der Waals surface area contributed by atoms with Crippen LogP contribution in [0.2, 0.25) is 0 Å². The molecule has 0 amide bonds. The van der Waals surface area contributed by atoms with Crippen molar-refractivity contribution in [2.24, 2.45) is 4.99 Å². The largest absolute Gasteiger partial charge is 0.296 e. The molecule has 0 N–H and O–H groups in total. The maximum absolute atomic E-state index is 10.4. The zero-order valence-electron chi connectivity index (χ0n) is 5.95. The lowest BCUT2D eigenvalue weighted by molar-refractivity contribution is -0.102. The van der Waals surface area contributed by atoms with Gasteiger partial charge >= 0.3 is 0 Å². The monoisotopic (exact) mass is 145 g/mol. The van der Waals surface area contributed by atoms with Crippen LogP contribution in [-0.2, 0) is 11.3 Å². The van der Waals surface area contributed by atoms with E-state index in [9.17, 15) is 4.79 Å². The van der Waals surface area contributed by atoms with Crippen LogP contribution in [0.5, 0.6) is 0 Å². The number of rotatable bonds is 1. The Hall–Kier alpha value is -1.44. The molecule has 0 radical (unpaired) electrons. The minimum atomic E-state index is 0.584. The molecule has 1 aromatic carbocycles. The van der Waals surface area contributed by atoms with Crippen LogP contribution in [-0.4, -0.2) is 12.0 Å². The van der Waals surface area contributed by atoms with Gasteiger partial charge in [0.2, 0.25) is 0 Å². The number of aldehydes is 1. The molecule has 1 aromatic rings. The summed E-state index contributed by atoms with van der Waals surface area (Å²) < 4.78 is 0. The minimum Gasteiger partial charge on any atom is -0.296 e. The number of benzene rings is 1. The minimum absolute atomic E-state index is 0.584. The first-order valence-corrected chi connectivity index (χ1v) is 3.50. The van der Waals surface area contributed by atoms with Crippen molar-refractivity contribution in [1.29, 1.82) is 0 Å². The highest BCUT2D eigenvalue weighted by Crippen LogP contribution is 2.16. The van der Waals surface area contributed by atoms with Crippen molar-refractivity contribution in [2.75, 3.05) is 0 Å². The van der Waals surface area contributed by atoms with Crippen LogP contribution in [0.25, 0.3) is 0 Å². The summed E-state index contributed by atoms with van der Waals surface area (Å²) in [6.45, 7) is 0.657. The van der Waals surface area contributed by atoms with Gasteiger partial charge in [-0.15, -0.1) is 0 Å². The standard InChI is InChI=1S/C9H7NO/c11-6-9-8-4-2-1-3-7(8)5-10-9/h1-4,6H,5H2. The molecule has 1 heterocycles. The van der Waals surface area contributed by atoms with E-state index in [0.717, 1.165) is 17.4 Å². The Morgan fingerprint density at radius 3 is 3.00 bits per heavy atom. The zero-order chi connectivity index (χ0) is 7.68. The van der Waals surface area contributed by atoms with Gasteiger partial charge in [0.05, 0.1) is 6.54 Å². The summed E-state index contributed by atoms with van der Waals surface area (Å²) in [5.74, 6) is 0. The number of carbonyl (C=O) groups is 1. The van der Waals surface area contributed by atoms with Crippen molar-refractivity contribution in [3.63, 3.8) is 0 Å². The lowest BCUT2D eigenvalue weighted by atomic mass is 10.1. The normalized spacial score (nSPS) is 14.0. The van der Waals surface area contributed by atoms with Crippen LogP contribution in [0, 0.1) is 0 Å². The van der Waals surface area contributed by atoms with Crippen LogP contribution >= 0.6 is 0 Å². The predicted molar refractivity (Wildman–Crippen MR) is 42.7 cm³/mol. The molecule has 0 fully saturated rings. The third kappa shape index (κ3) is 0.871. The van der Waals surface area contributed by atoms with Crippen molar-refractivity contribution in [3.8, 4) is 0 Å². The third-order valence-corrected chi connectivity index (χ3v) is 1.82.